The Bertz CT molecular complexity index is 738. The highest BCUT2D eigenvalue weighted by Crippen LogP contribution is 2.27. The number of hydrogen-bond acceptors (Lipinski definition) is 1. The summed E-state index contributed by atoms with van der Waals surface area (Å²) in [5.41, 5.74) is 3.43. The molecule has 0 fully saturated rings. The molecule has 0 unspecified atom stereocenters. The van der Waals surface area contributed by atoms with E-state index in [0.29, 0.717) is 17.5 Å². The molecule has 0 saturated carbocycles. The number of aromatic nitrogens is 1. The second kappa shape index (κ2) is 3.96. The first-order valence-corrected chi connectivity index (χ1v) is 5.64. The largest absolute Gasteiger partial charge is 0.326 e. The minimum Gasteiger partial charge on any atom is -0.326 e. The van der Waals surface area contributed by atoms with Crippen molar-refractivity contribution in [3.63, 3.8) is 0 Å². The first-order chi connectivity index (χ1) is 8.70. The first-order valence-electron chi connectivity index (χ1n) is 5.64. The summed E-state index contributed by atoms with van der Waals surface area (Å²) < 4.78 is 1.98. The van der Waals surface area contributed by atoms with E-state index in [4.69, 9.17) is 21.0 Å². The highest BCUT2D eigenvalue weighted by atomic mass is 15.0. The smallest absolute Gasteiger partial charge is 0.113 e. The topological polar surface area (TPSA) is 28.7 Å². The van der Waals surface area contributed by atoms with Crippen molar-refractivity contribution >= 4 is 48.4 Å². The predicted molar refractivity (Wildman–Crippen MR) is 75.8 cm³/mol. The Labute approximate surface area is 108 Å². The van der Waals surface area contributed by atoms with E-state index in [9.17, 15) is 0 Å². The van der Waals surface area contributed by atoms with Crippen LogP contribution in [0.1, 0.15) is 0 Å². The van der Waals surface area contributed by atoms with Gasteiger partial charge in [0.25, 0.3) is 0 Å². The van der Waals surface area contributed by atoms with Crippen LogP contribution in [-0.2, 0) is 6.54 Å². The molecule has 1 heterocycles. The summed E-state index contributed by atoms with van der Waals surface area (Å²) in [5.74, 6) is 0. The zero-order valence-electron chi connectivity index (χ0n) is 9.72. The van der Waals surface area contributed by atoms with Crippen LogP contribution in [0.15, 0.2) is 36.4 Å². The van der Waals surface area contributed by atoms with Crippen molar-refractivity contribution < 1.29 is 0 Å². The van der Waals surface area contributed by atoms with Gasteiger partial charge in [0.1, 0.15) is 22.2 Å². The Morgan fingerprint density at radius 3 is 1.89 bits per heavy atom. The molecule has 0 atom stereocenters. The SMILES string of the molecule is [B]c1ccc2c(c1)c1cc([B])ccc1n2CC#N. The van der Waals surface area contributed by atoms with Crippen molar-refractivity contribution in [1.82, 2.24) is 4.57 Å². The zero-order valence-corrected chi connectivity index (χ0v) is 9.72. The van der Waals surface area contributed by atoms with E-state index in [1.54, 1.807) is 0 Å². The average Bonchev–Trinajstić information content (AvgIpc) is 2.64. The van der Waals surface area contributed by atoms with Crippen LogP contribution in [0, 0.1) is 11.3 Å². The molecule has 3 rings (SSSR count). The molecule has 80 valence electrons. The molecule has 0 saturated heterocycles. The fraction of sp³-hybridized carbons (Fsp3) is 0.0714. The van der Waals surface area contributed by atoms with Gasteiger partial charge < -0.3 is 4.57 Å². The van der Waals surface area contributed by atoms with E-state index in [1.807, 2.05) is 41.0 Å². The molecule has 1 aromatic heterocycles. The predicted octanol–water partition coefficient (Wildman–Crippen LogP) is 0.906. The molecule has 0 aliphatic rings. The molecule has 0 bridgehead atoms. The maximum Gasteiger partial charge on any atom is 0.113 e. The van der Waals surface area contributed by atoms with Crippen LogP contribution >= 0.6 is 0 Å². The van der Waals surface area contributed by atoms with E-state index < -0.39 is 0 Å². The van der Waals surface area contributed by atoms with E-state index >= 15 is 0 Å². The van der Waals surface area contributed by atoms with Gasteiger partial charge in [0.2, 0.25) is 0 Å². The molecule has 2 nitrogen and oxygen atoms in total. The Balaban J connectivity index is 2.53. The van der Waals surface area contributed by atoms with E-state index in [2.05, 4.69) is 6.07 Å². The van der Waals surface area contributed by atoms with Gasteiger partial charge in [-0.1, -0.05) is 35.2 Å². The second-order valence-corrected chi connectivity index (χ2v) is 4.30. The molecule has 2 aromatic carbocycles. The van der Waals surface area contributed by atoms with E-state index in [1.165, 1.54) is 0 Å². The number of benzene rings is 2. The normalized spacial score (nSPS) is 10.8. The molecule has 0 aliphatic heterocycles. The fourth-order valence-corrected chi connectivity index (χ4v) is 2.38. The quantitative estimate of drug-likeness (QED) is 0.566. The minimum atomic E-state index is 0.313. The van der Waals surface area contributed by atoms with Crippen molar-refractivity contribution in [3.05, 3.63) is 36.4 Å². The average molecular weight is 226 g/mol. The summed E-state index contributed by atoms with van der Waals surface area (Å²) in [7, 11) is 11.7. The molecular weight excluding hydrogens is 218 g/mol. The van der Waals surface area contributed by atoms with Gasteiger partial charge in [0.15, 0.2) is 0 Å². The van der Waals surface area contributed by atoms with E-state index in [0.717, 1.165) is 21.8 Å². The van der Waals surface area contributed by atoms with Gasteiger partial charge in [-0.25, -0.2) is 0 Å². The van der Waals surface area contributed by atoms with Crippen LogP contribution in [0.4, 0.5) is 0 Å². The standard InChI is InChI=1S/C14H8B2N2/c15-9-1-3-13-11(7-9)12-8-10(16)2-4-14(12)18(13)6-5-17/h1-4,7-8H,6H2. The lowest BCUT2D eigenvalue weighted by atomic mass is 9.92. The van der Waals surface area contributed by atoms with Crippen molar-refractivity contribution in [1.29, 1.82) is 5.26 Å². The summed E-state index contributed by atoms with van der Waals surface area (Å²) in [6.45, 7) is 0.313. The first kappa shape index (κ1) is 11.0. The van der Waals surface area contributed by atoms with Gasteiger partial charge in [-0.2, -0.15) is 5.26 Å². The maximum absolute atomic E-state index is 8.95. The molecule has 0 spiro atoms. The van der Waals surface area contributed by atoms with Crippen LogP contribution in [0.5, 0.6) is 0 Å². The molecule has 4 heteroatoms. The van der Waals surface area contributed by atoms with Crippen molar-refractivity contribution in [2.24, 2.45) is 0 Å². The number of rotatable bonds is 1. The summed E-state index contributed by atoms with van der Waals surface area (Å²) in [4.78, 5) is 0. The number of hydrogen-bond donors (Lipinski definition) is 0. The third-order valence-corrected chi connectivity index (χ3v) is 3.14. The lowest BCUT2D eigenvalue weighted by Crippen LogP contribution is -2.01. The zero-order chi connectivity index (χ0) is 12.7. The summed E-state index contributed by atoms with van der Waals surface area (Å²) in [6.07, 6.45) is 0. The Kier molecular flexibility index (Phi) is 2.41. The van der Waals surface area contributed by atoms with Crippen molar-refractivity contribution in [2.45, 2.75) is 6.54 Å². The van der Waals surface area contributed by atoms with Crippen LogP contribution in [-0.4, -0.2) is 20.3 Å². The highest BCUT2D eigenvalue weighted by molar-refractivity contribution is 6.35. The van der Waals surface area contributed by atoms with Gasteiger partial charge in [0, 0.05) is 10.8 Å². The van der Waals surface area contributed by atoms with Crippen molar-refractivity contribution in [2.75, 3.05) is 0 Å². The van der Waals surface area contributed by atoms with Gasteiger partial charge in [-0.05, 0) is 12.1 Å². The summed E-state index contributed by atoms with van der Waals surface area (Å²) in [6, 6.07) is 13.6. The monoisotopic (exact) mass is 226 g/mol. The Morgan fingerprint density at radius 2 is 1.44 bits per heavy atom. The number of nitrogens with zero attached hydrogens (tertiary/aromatic N) is 2. The maximum atomic E-state index is 8.95. The van der Waals surface area contributed by atoms with Gasteiger partial charge in [-0.3, -0.25) is 0 Å². The van der Waals surface area contributed by atoms with Crippen LogP contribution in [0.3, 0.4) is 0 Å². The lowest BCUT2D eigenvalue weighted by Gasteiger charge is -2.01. The second-order valence-electron chi connectivity index (χ2n) is 4.30. The van der Waals surface area contributed by atoms with Crippen LogP contribution < -0.4 is 10.9 Å². The van der Waals surface area contributed by atoms with Crippen molar-refractivity contribution in [3.8, 4) is 6.07 Å². The summed E-state index contributed by atoms with van der Waals surface area (Å²) in [5, 5.41) is 11.0. The lowest BCUT2D eigenvalue weighted by molar-refractivity contribution is 0.910. The third kappa shape index (κ3) is 1.52. The molecule has 4 radical (unpaired) electrons. The Hall–Kier alpha value is -2.14. The van der Waals surface area contributed by atoms with Gasteiger partial charge in [-0.15, -0.1) is 0 Å². The van der Waals surface area contributed by atoms with Crippen LogP contribution in [0.25, 0.3) is 21.8 Å². The van der Waals surface area contributed by atoms with Crippen LogP contribution in [0.2, 0.25) is 0 Å². The molecule has 0 N–H and O–H groups in total. The summed E-state index contributed by atoms with van der Waals surface area (Å²) >= 11 is 0. The number of nitriles is 1. The molecule has 0 amide bonds. The molecule has 3 aromatic rings. The fourth-order valence-electron chi connectivity index (χ4n) is 2.38. The molecule has 0 aliphatic carbocycles. The Morgan fingerprint density at radius 1 is 0.944 bits per heavy atom. The molecular formula is C14H8B2N2. The third-order valence-electron chi connectivity index (χ3n) is 3.14. The van der Waals surface area contributed by atoms with Gasteiger partial charge in [0.05, 0.1) is 17.1 Å². The highest BCUT2D eigenvalue weighted by Gasteiger charge is 2.09. The van der Waals surface area contributed by atoms with Gasteiger partial charge >= 0.3 is 0 Å². The van der Waals surface area contributed by atoms with E-state index in [-0.39, 0.29) is 0 Å². The minimum absolute atomic E-state index is 0.313. The number of fused-ring (bicyclic) bond motifs is 3. The molecule has 18 heavy (non-hydrogen) atoms.